The van der Waals surface area contributed by atoms with E-state index >= 15 is 0 Å². The first-order valence-corrected chi connectivity index (χ1v) is 4.62. The lowest BCUT2D eigenvalue weighted by Crippen LogP contribution is -2.13. The van der Waals surface area contributed by atoms with Crippen molar-refractivity contribution in [3.8, 4) is 5.75 Å². The molecule has 0 saturated carbocycles. The van der Waals surface area contributed by atoms with E-state index in [9.17, 15) is 4.79 Å². The first-order valence-electron chi connectivity index (χ1n) is 4.62. The Morgan fingerprint density at radius 1 is 1.40 bits per heavy atom. The Hall–Kier alpha value is -1.39. The van der Waals surface area contributed by atoms with Crippen LogP contribution in [0.2, 0.25) is 0 Å². The molecule has 0 aromatic heterocycles. The molecule has 4 nitrogen and oxygen atoms in total. The van der Waals surface area contributed by atoms with E-state index < -0.39 is 0 Å². The van der Waals surface area contributed by atoms with Gasteiger partial charge in [-0.05, 0) is 6.07 Å². The van der Waals surface area contributed by atoms with E-state index in [4.69, 9.17) is 15.2 Å². The molecule has 0 aliphatic heterocycles. The number of hydrogen-bond acceptors (Lipinski definition) is 4. The number of hydrogen-bond donors (Lipinski definition) is 1. The number of methoxy groups -OCH3 is 2. The number of Topliss-reactive ketones (excluding diaryl/α,β-unsaturated/α-hetero) is 1. The monoisotopic (exact) mass is 209 g/mol. The third-order valence-corrected chi connectivity index (χ3v) is 2.09. The molecule has 0 saturated heterocycles. The fraction of sp³-hybridized carbons (Fsp3) is 0.364. The maximum atomic E-state index is 11.3. The molecule has 0 amide bonds. The zero-order valence-corrected chi connectivity index (χ0v) is 8.95. The van der Waals surface area contributed by atoms with E-state index in [-0.39, 0.29) is 12.3 Å². The van der Waals surface area contributed by atoms with Gasteiger partial charge in [-0.25, -0.2) is 0 Å². The molecule has 0 radical (unpaired) electrons. The van der Waals surface area contributed by atoms with Gasteiger partial charge in [0.15, 0.2) is 5.78 Å². The van der Waals surface area contributed by atoms with E-state index in [0.717, 1.165) is 5.56 Å². The van der Waals surface area contributed by atoms with Gasteiger partial charge < -0.3 is 15.2 Å². The van der Waals surface area contributed by atoms with Crippen LogP contribution < -0.4 is 10.5 Å². The van der Waals surface area contributed by atoms with Crippen molar-refractivity contribution in [1.29, 1.82) is 0 Å². The average Bonchev–Trinajstić information content (AvgIpc) is 2.29. The predicted molar refractivity (Wildman–Crippen MR) is 57.1 cm³/mol. The van der Waals surface area contributed by atoms with E-state index in [0.29, 0.717) is 17.9 Å². The van der Waals surface area contributed by atoms with E-state index in [1.54, 1.807) is 26.4 Å². The second kappa shape index (κ2) is 5.48. The smallest absolute Gasteiger partial charge is 0.176 e. The topological polar surface area (TPSA) is 61.5 Å². The standard InChI is InChI=1S/C11H15NO3/c1-14-7-9-4-3-8(10(13)6-12)5-11(9)15-2/h3-5H,6-7,12H2,1-2H3. The van der Waals surface area contributed by atoms with E-state index in [1.807, 2.05) is 6.07 Å². The van der Waals surface area contributed by atoms with Crippen molar-refractivity contribution in [2.24, 2.45) is 5.73 Å². The van der Waals surface area contributed by atoms with Crippen LogP contribution in [0.5, 0.6) is 5.75 Å². The Labute approximate surface area is 89.0 Å². The maximum Gasteiger partial charge on any atom is 0.176 e. The third kappa shape index (κ3) is 2.78. The van der Waals surface area contributed by atoms with Crippen LogP contribution in [0.25, 0.3) is 0 Å². The molecule has 4 heteroatoms. The molecule has 0 spiro atoms. The summed E-state index contributed by atoms with van der Waals surface area (Å²) in [6.45, 7) is 0.465. The van der Waals surface area contributed by atoms with Crippen molar-refractivity contribution in [2.75, 3.05) is 20.8 Å². The lowest BCUT2D eigenvalue weighted by molar-refractivity contribution is 0.100. The summed E-state index contributed by atoms with van der Waals surface area (Å²) in [7, 11) is 3.17. The van der Waals surface area contributed by atoms with Gasteiger partial charge in [-0.15, -0.1) is 0 Å². The van der Waals surface area contributed by atoms with Crippen LogP contribution >= 0.6 is 0 Å². The Morgan fingerprint density at radius 2 is 2.13 bits per heavy atom. The third-order valence-electron chi connectivity index (χ3n) is 2.09. The maximum absolute atomic E-state index is 11.3. The molecule has 15 heavy (non-hydrogen) atoms. The van der Waals surface area contributed by atoms with Crippen LogP contribution in [0.3, 0.4) is 0 Å². The quantitative estimate of drug-likeness (QED) is 0.734. The van der Waals surface area contributed by atoms with Gasteiger partial charge in [-0.1, -0.05) is 12.1 Å². The fourth-order valence-electron chi connectivity index (χ4n) is 1.31. The second-order valence-corrected chi connectivity index (χ2v) is 3.09. The highest BCUT2D eigenvalue weighted by molar-refractivity contribution is 5.97. The number of rotatable bonds is 5. The average molecular weight is 209 g/mol. The molecule has 0 fully saturated rings. The first-order chi connectivity index (χ1) is 7.22. The minimum absolute atomic E-state index is 0.00672. The largest absolute Gasteiger partial charge is 0.496 e. The molecule has 0 bridgehead atoms. The van der Waals surface area contributed by atoms with Crippen molar-refractivity contribution in [2.45, 2.75) is 6.61 Å². The van der Waals surface area contributed by atoms with Crippen LogP contribution in [-0.4, -0.2) is 26.5 Å². The van der Waals surface area contributed by atoms with Gasteiger partial charge in [-0.2, -0.15) is 0 Å². The highest BCUT2D eigenvalue weighted by Gasteiger charge is 2.08. The lowest BCUT2D eigenvalue weighted by Gasteiger charge is -2.09. The molecule has 0 aliphatic carbocycles. The van der Waals surface area contributed by atoms with Crippen molar-refractivity contribution >= 4 is 5.78 Å². The van der Waals surface area contributed by atoms with Crippen molar-refractivity contribution in [3.05, 3.63) is 29.3 Å². The molecule has 0 aliphatic rings. The number of benzene rings is 1. The molecular weight excluding hydrogens is 194 g/mol. The summed E-state index contributed by atoms with van der Waals surface area (Å²) in [4.78, 5) is 11.3. The van der Waals surface area contributed by atoms with Gasteiger partial charge in [0.1, 0.15) is 5.75 Å². The summed E-state index contributed by atoms with van der Waals surface area (Å²) in [6.07, 6.45) is 0. The number of nitrogens with two attached hydrogens (primary N) is 1. The number of carbonyl (C=O) groups excluding carboxylic acids is 1. The normalized spacial score (nSPS) is 10.1. The van der Waals surface area contributed by atoms with Gasteiger partial charge >= 0.3 is 0 Å². The first kappa shape index (κ1) is 11.7. The molecule has 0 heterocycles. The fourth-order valence-corrected chi connectivity index (χ4v) is 1.31. The van der Waals surface area contributed by atoms with Gasteiger partial charge in [-0.3, -0.25) is 4.79 Å². The van der Waals surface area contributed by atoms with Crippen LogP contribution in [-0.2, 0) is 11.3 Å². The van der Waals surface area contributed by atoms with Gasteiger partial charge in [0.25, 0.3) is 0 Å². The molecule has 82 valence electrons. The van der Waals surface area contributed by atoms with Crippen LogP contribution in [0.4, 0.5) is 0 Å². The SMILES string of the molecule is COCc1ccc(C(=O)CN)cc1OC. The molecular formula is C11H15NO3. The van der Waals surface area contributed by atoms with Crippen LogP contribution in [0, 0.1) is 0 Å². The zero-order valence-electron chi connectivity index (χ0n) is 8.95. The summed E-state index contributed by atoms with van der Waals surface area (Å²) in [5.41, 5.74) is 6.75. The summed E-state index contributed by atoms with van der Waals surface area (Å²) in [5.74, 6) is 0.549. The molecule has 2 N–H and O–H groups in total. The lowest BCUT2D eigenvalue weighted by atomic mass is 10.1. The van der Waals surface area contributed by atoms with Crippen LogP contribution in [0.15, 0.2) is 18.2 Å². The van der Waals surface area contributed by atoms with E-state index in [1.165, 1.54) is 0 Å². The number of ether oxygens (including phenoxy) is 2. The molecule has 1 rings (SSSR count). The van der Waals surface area contributed by atoms with Gasteiger partial charge in [0, 0.05) is 18.2 Å². The Bertz CT molecular complexity index is 350. The van der Waals surface area contributed by atoms with E-state index in [2.05, 4.69) is 0 Å². The minimum Gasteiger partial charge on any atom is -0.496 e. The molecule has 0 atom stereocenters. The number of ketones is 1. The van der Waals surface area contributed by atoms with Crippen LogP contribution in [0.1, 0.15) is 15.9 Å². The molecule has 1 aromatic carbocycles. The summed E-state index contributed by atoms with van der Waals surface area (Å²) in [5, 5.41) is 0. The second-order valence-electron chi connectivity index (χ2n) is 3.09. The summed E-state index contributed by atoms with van der Waals surface area (Å²) < 4.78 is 10.2. The summed E-state index contributed by atoms with van der Waals surface area (Å²) >= 11 is 0. The Balaban J connectivity index is 3.01. The molecule has 0 unspecified atom stereocenters. The summed E-state index contributed by atoms with van der Waals surface area (Å²) in [6, 6.07) is 5.22. The van der Waals surface area contributed by atoms with Crippen molar-refractivity contribution in [1.82, 2.24) is 0 Å². The highest BCUT2D eigenvalue weighted by atomic mass is 16.5. The Morgan fingerprint density at radius 3 is 2.67 bits per heavy atom. The van der Waals surface area contributed by atoms with Gasteiger partial charge in [0.05, 0.1) is 20.3 Å². The van der Waals surface area contributed by atoms with Crippen molar-refractivity contribution in [3.63, 3.8) is 0 Å². The van der Waals surface area contributed by atoms with Crippen molar-refractivity contribution < 1.29 is 14.3 Å². The molecule has 1 aromatic rings. The highest BCUT2D eigenvalue weighted by Crippen LogP contribution is 2.21. The predicted octanol–water partition coefficient (Wildman–Crippen LogP) is 0.983. The zero-order chi connectivity index (χ0) is 11.3. The van der Waals surface area contributed by atoms with Gasteiger partial charge in [0.2, 0.25) is 0 Å². The minimum atomic E-state index is -0.0998. The Kier molecular flexibility index (Phi) is 4.27. The number of carbonyl (C=O) groups is 1.